The molecule has 3 heterocycles. The molecule has 1 N–H and O–H groups in total. The third-order valence-corrected chi connectivity index (χ3v) is 5.95. The van der Waals surface area contributed by atoms with E-state index in [-0.39, 0.29) is 13.2 Å². The Morgan fingerprint density at radius 3 is 2.55 bits per heavy atom. The van der Waals surface area contributed by atoms with Gasteiger partial charge in [0.25, 0.3) is 5.56 Å². The molecule has 4 rings (SSSR count). The summed E-state index contributed by atoms with van der Waals surface area (Å²) in [6.07, 6.45) is 0.323. The second-order valence-electron chi connectivity index (χ2n) is 7.19. The third-order valence-electron chi connectivity index (χ3n) is 5.54. The molecular formula is C20H22ClN5O3. The molecule has 0 saturated heterocycles. The van der Waals surface area contributed by atoms with Gasteiger partial charge < -0.3 is 5.11 Å². The van der Waals surface area contributed by atoms with Gasteiger partial charge in [-0.2, -0.15) is 4.98 Å². The largest absolute Gasteiger partial charge is 0.396 e. The predicted octanol–water partition coefficient (Wildman–Crippen LogP) is 2.10. The zero-order valence-corrected chi connectivity index (χ0v) is 17.5. The average molecular weight is 416 g/mol. The second kappa shape index (κ2) is 6.89. The predicted molar refractivity (Wildman–Crippen MR) is 112 cm³/mol. The molecule has 29 heavy (non-hydrogen) atoms. The van der Waals surface area contributed by atoms with Gasteiger partial charge in [0.15, 0.2) is 11.2 Å². The Hall–Kier alpha value is -2.84. The van der Waals surface area contributed by atoms with E-state index in [4.69, 9.17) is 16.7 Å². The molecule has 0 unspecified atom stereocenters. The summed E-state index contributed by atoms with van der Waals surface area (Å²) in [6.45, 7) is 5.86. The van der Waals surface area contributed by atoms with Gasteiger partial charge in [-0.15, -0.1) is 0 Å². The first-order valence-electron chi connectivity index (χ1n) is 9.35. The quantitative estimate of drug-likeness (QED) is 0.553. The lowest BCUT2D eigenvalue weighted by Crippen LogP contribution is -2.39. The number of halogens is 1. The Morgan fingerprint density at radius 1 is 1.14 bits per heavy atom. The van der Waals surface area contributed by atoms with Crippen LogP contribution in [-0.2, 0) is 13.6 Å². The van der Waals surface area contributed by atoms with E-state index in [0.717, 1.165) is 27.2 Å². The van der Waals surface area contributed by atoms with E-state index in [9.17, 15) is 9.59 Å². The molecule has 0 atom stereocenters. The van der Waals surface area contributed by atoms with Crippen molar-refractivity contribution in [2.75, 3.05) is 6.61 Å². The van der Waals surface area contributed by atoms with Crippen molar-refractivity contribution in [3.05, 3.63) is 61.0 Å². The number of fused-ring (bicyclic) bond motifs is 3. The maximum atomic E-state index is 13.2. The van der Waals surface area contributed by atoms with Gasteiger partial charge in [-0.1, -0.05) is 17.7 Å². The van der Waals surface area contributed by atoms with Crippen LogP contribution in [-0.4, -0.2) is 34.8 Å². The Labute approximate surface area is 171 Å². The number of nitrogens with zero attached hydrogens (tertiary/aromatic N) is 5. The fourth-order valence-electron chi connectivity index (χ4n) is 3.80. The van der Waals surface area contributed by atoms with E-state index in [0.29, 0.717) is 28.4 Å². The van der Waals surface area contributed by atoms with Crippen LogP contribution >= 0.6 is 11.6 Å². The van der Waals surface area contributed by atoms with Crippen LogP contribution in [0.25, 0.3) is 22.6 Å². The molecule has 0 radical (unpaired) electrons. The molecular weight excluding hydrogens is 394 g/mol. The lowest BCUT2D eigenvalue weighted by Gasteiger charge is -2.11. The Bertz CT molecular complexity index is 1390. The van der Waals surface area contributed by atoms with Crippen molar-refractivity contribution in [3.63, 3.8) is 0 Å². The maximum Gasteiger partial charge on any atom is 0.332 e. The van der Waals surface area contributed by atoms with E-state index in [2.05, 4.69) is 4.98 Å². The number of aliphatic hydroxyl groups is 1. The van der Waals surface area contributed by atoms with Crippen molar-refractivity contribution in [2.45, 2.75) is 33.7 Å². The average Bonchev–Trinajstić information content (AvgIpc) is 3.19. The van der Waals surface area contributed by atoms with Crippen molar-refractivity contribution < 1.29 is 5.11 Å². The summed E-state index contributed by atoms with van der Waals surface area (Å²) in [7, 11) is 1.60. The molecule has 0 spiro atoms. The second-order valence-corrected chi connectivity index (χ2v) is 7.59. The summed E-state index contributed by atoms with van der Waals surface area (Å²) in [6, 6.07) is 5.65. The standard InChI is InChI=1S/C20H22ClN5O3/c1-11-14(21)7-5-8-15(11)25-12(2)13(3)26-16-17(22-19(25)26)23(4)20(29)24(18(16)28)9-6-10-27/h5,7-8,27H,6,9-10H2,1-4H3. The monoisotopic (exact) mass is 415 g/mol. The molecule has 0 fully saturated rings. The van der Waals surface area contributed by atoms with Gasteiger partial charge in [0, 0.05) is 36.6 Å². The molecule has 4 aromatic rings. The number of imidazole rings is 2. The lowest BCUT2D eigenvalue weighted by molar-refractivity contribution is 0.277. The number of hydrogen-bond donors (Lipinski definition) is 1. The first kappa shape index (κ1) is 19.5. The number of benzene rings is 1. The van der Waals surface area contributed by atoms with Crippen LogP contribution in [0.5, 0.6) is 0 Å². The zero-order chi connectivity index (χ0) is 21.0. The first-order chi connectivity index (χ1) is 13.8. The summed E-state index contributed by atoms with van der Waals surface area (Å²) >= 11 is 6.33. The summed E-state index contributed by atoms with van der Waals surface area (Å²) in [5.74, 6) is 0.548. The molecule has 3 aromatic heterocycles. The third kappa shape index (κ3) is 2.67. The van der Waals surface area contributed by atoms with Crippen molar-refractivity contribution in [1.82, 2.24) is 23.1 Å². The van der Waals surface area contributed by atoms with Gasteiger partial charge in [-0.25, -0.2) is 4.79 Å². The Morgan fingerprint density at radius 2 is 1.86 bits per heavy atom. The molecule has 0 aliphatic heterocycles. The molecule has 0 bridgehead atoms. The highest BCUT2D eigenvalue weighted by Gasteiger charge is 2.23. The molecule has 1 aromatic carbocycles. The molecule has 8 nitrogen and oxygen atoms in total. The van der Waals surface area contributed by atoms with E-state index in [1.807, 2.05) is 43.5 Å². The topological polar surface area (TPSA) is 86.5 Å². The highest BCUT2D eigenvalue weighted by molar-refractivity contribution is 6.31. The molecule has 0 aliphatic carbocycles. The summed E-state index contributed by atoms with van der Waals surface area (Å²) in [5.41, 5.74) is 3.36. The summed E-state index contributed by atoms with van der Waals surface area (Å²) in [4.78, 5) is 30.5. The van der Waals surface area contributed by atoms with Crippen LogP contribution in [0.4, 0.5) is 0 Å². The summed E-state index contributed by atoms with van der Waals surface area (Å²) < 4.78 is 6.29. The minimum absolute atomic E-state index is 0.0992. The van der Waals surface area contributed by atoms with E-state index in [1.54, 1.807) is 11.4 Å². The number of aryl methyl sites for hydroxylation is 2. The smallest absolute Gasteiger partial charge is 0.332 e. The van der Waals surface area contributed by atoms with E-state index in [1.165, 1.54) is 4.57 Å². The minimum Gasteiger partial charge on any atom is -0.396 e. The van der Waals surface area contributed by atoms with Gasteiger partial charge in [0.1, 0.15) is 0 Å². The lowest BCUT2D eigenvalue weighted by atomic mass is 10.2. The fraction of sp³-hybridized carbons (Fsp3) is 0.350. The van der Waals surface area contributed by atoms with Crippen molar-refractivity contribution in [2.24, 2.45) is 7.05 Å². The SMILES string of the molecule is Cc1c(Cl)cccc1-n1c(C)c(C)n2c3c(=O)n(CCCO)c(=O)n(C)c3nc12. The minimum atomic E-state index is -0.448. The van der Waals surface area contributed by atoms with E-state index >= 15 is 0 Å². The zero-order valence-electron chi connectivity index (χ0n) is 16.7. The number of aliphatic hydroxyl groups excluding tert-OH is 1. The van der Waals surface area contributed by atoms with Crippen LogP contribution in [0, 0.1) is 20.8 Å². The maximum absolute atomic E-state index is 13.2. The number of aromatic nitrogens is 5. The Balaban J connectivity index is 2.17. The first-order valence-corrected chi connectivity index (χ1v) is 9.73. The van der Waals surface area contributed by atoms with Crippen LogP contribution in [0.15, 0.2) is 27.8 Å². The highest BCUT2D eigenvalue weighted by atomic mass is 35.5. The van der Waals surface area contributed by atoms with Crippen LogP contribution < -0.4 is 11.2 Å². The van der Waals surface area contributed by atoms with Crippen LogP contribution in [0.1, 0.15) is 23.4 Å². The number of rotatable bonds is 4. The molecule has 0 amide bonds. The molecule has 152 valence electrons. The molecule has 0 aliphatic rings. The van der Waals surface area contributed by atoms with Crippen LogP contribution in [0.3, 0.4) is 0 Å². The van der Waals surface area contributed by atoms with Crippen molar-refractivity contribution in [3.8, 4) is 5.69 Å². The normalized spacial score (nSPS) is 11.8. The van der Waals surface area contributed by atoms with Crippen molar-refractivity contribution >= 4 is 28.5 Å². The van der Waals surface area contributed by atoms with Gasteiger partial charge >= 0.3 is 5.69 Å². The van der Waals surface area contributed by atoms with E-state index < -0.39 is 11.2 Å². The van der Waals surface area contributed by atoms with Crippen LogP contribution in [0.2, 0.25) is 5.02 Å². The fourth-order valence-corrected chi connectivity index (χ4v) is 3.97. The molecule has 9 heteroatoms. The summed E-state index contributed by atoms with van der Waals surface area (Å²) in [5, 5.41) is 9.77. The van der Waals surface area contributed by atoms with Crippen molar-refractivity contribution in [1.29, 1.82) is 0 Å². The van der Waals surface area contributed by atoms with Gasteiger partial charge in [-0.3, -0.25) is 22.9 Å². The number of hydrogen-bond acceptors (Lipinski definition) is 4. The Kier molecular flexibility index (Phi) is 4.63. The molecule has 0 saturated carbocycles. The van der Waals surface area contributed by atoms with Gasteiger partial charge in [-0.05, 0) is 44.9 Å². The highest BCUT2D eigenvalue weighted by Crippen LogP contribution is 2.28. The van der Waals surface area contributed by atoms with Gasteiger partial charge in [0.05, 0.1) is 5.69 Å². The van der Waals surface area contributed by atoms with Gasteiger partial charge in [0.2, 0.25) is 5.78 Å².